The van der Waals surface area contributed by atoms with E-state index in [0.29, 0.717) is 13.0 Å². The van der Waals surface area contributed by atoms with E-state index in [-0.39, 0.29) is 12.6 Å². The fraction of sp³-hybridized carbons (Fsp3) is 0.889. The van der Waals surface area contributed by atoms with E-state index >= 15 is 0 Å². The summed E-state index contributed by atoms with van der Waals surface area (Å²) in [7, 11) is 0. The lowest BCUT2D eigenvalue weighted by atomic mass is 9.99. The molecule has 0 aliphatic carbocycles. The summed E-state index contributed by atoms with van der Waals surface area (Å²) in [6.07, 6.45) is 15.2. The lowest BCUT2D eigenvalue weighted by Gasteiger charge is -2.39. The molecule has 0 aromatic carbocycles. The first-order valence-corrected chi connectivity index (χ1v) is 13.6. The van der Waals surface area contributed by atoms with Crippen molar-refractivity contribution in [1.82, 2.24) is 0 Å². The third-order valence-corrected chi connectivity index (χ3v) is 6.21. The molecule has 0 aromatic heterocycles. The van der Waals surface area contributed by atoms with Crippen LogP contribution >= 0.6 is 0 Å². The summed E-state index contributed by atoms with van der Waals surface area (Å²) in [5.74, 6) is -0.347. The van der Waals surface area contributed by atoms with Crippen molar-refractivity contribution in [2.75, 3.05) is 13.2 Å². The van der Waals surface area contributed by atoms with Gasteiger partial charge in [0.15, 0.2) is 6.29 Å². The number of hydrogen-bond acceptors (Lipinski definition) is 7. The van der Waals surface area contributed by atoms with E-state index in [0.717, 1.165) is 38.5 Å². The Morgan fingerprint density at radius 1 is 0.765 bits per heavy atom. The van der Waals surface area contributed by atoms with Crippen LogP contribution in [0.2, 0.25) is 0 Å². The predicted octanol–water partition coefficient (Wildman–Crippen LogP) is 4.80. The van der Waals surface area contributed by atoms with Gasteiger partial charge in [0.2, 0.25) is 0 Å². The van der Waals surface area contributed by atoms with Crippen LogP contribution in [0.5, 0.6) is 0 Å². The average Bonchev–Trinajstić information content (AvgIpc) is 2.84. The number of esters is 1. The molecule has 5 atom stereocenters. The maximum Gasteiger partial charge on any atom is 0.305 e. The fourth-order valence-electron chi connectivity index (χ4n) is 4.01. The van der Waals surface area contributed by atoms with Crippen molar-refractivity contribution in [2.45, 2.75) is 141 Å². The SMILES string of the molecule is CCCCCCCCC=CCCCCCCCC(=O)OC[C@H]1OC(OCCC)[C@H](O)[C@@H](O)[C@@H]1O. The van der Waals surface area contributed by atoms with Crippen LogP contribution in [0.15, 0.2) is 12.2 Å². The summed E-state index contributed by atoms with van der Waals surface area (Å²) < 4.78 is 16.1. The highest BCUT2D eigenvalue weighted by Crippen LogP contribution is 2.23. The molecule has 1 unspecified atom stereocenters. The summed E-state index contributed by atoms with van der Waals surface area (Å²) in [6, 6.07) is 0. The Balaban J connectivity index is 2.02. The van der Waals surface area contributed by atoms with E-state index < -0.39 is 30.7 Å². The Hall–Kier alpha value is -0.990. The molecule has 1 aliphatic heterocycles. The standard InChI is InChI=1S/C27H50O7/c1-3-5-6-7-8-9-10-11-12-13-14-15-16-17-18-19-23(28)33-21-22-24(29)25(30)26(31)27(34-22)32-20-4-2/h11-12,22,24-27,29-31H,3-10,13-21H2,1-2H3/t22-,24-,25+,26-,27?/m1/s1. The number of carbonyl (C=O) groups excluding carboxylic acids is 1. The van der Waals surface area contributed by atoms with Crippen LogP contribution in [0, 0.1) is 0 Å². The second kappa shape index (κ2) is 20.2. The van der Waals surface area contributed by atoms with Gasteiger partial charge in [-0.3, -0.25) is 4.79 Å². The molecule has 0 saturated carbocycles. The molecular formula is C27H50O7. The first-order valence-electron chi connectivity index (χ1n) is 13.6. The third kappa shape index (κ3) is 13.8. The summed E-state index contributed by atoms with van der Waals surface area (Å²) in [5.41, 5.74) is 0. The zero-order valence-corrected chi connectivity index (χ0v) is 21.5. The largest absolute Gasteiger partial charge is 0.463 e. The van der Waals surface area contributed by atoms with Crippen LogP contribution in [-0.2, 0) is 19.0 Å². The Bertz CT molecular complexity index is 525. The number of rotatable bonds is 20. The lowest BCUT2D eigenvalue weighted by Crippen LogP contribution is -2.59. The molecule has 1 aliphatic rings. The van der Waals surface area contributed by atoms with Gasteiger partial charge in [0.25, 0.3) is 0 Å². The molecule has 34 heavy (non-hydrogen) atoms. The molecule has 1 fully saturated rings. The monoisotopic (exact) mass is 486 g/mol. The highest BCUT2D eigenvalue weighted by molar-refractivity contribution is 5.69. The maximum absolute atomic E-state index is 12.0. The van der Waals surface area contributed by atoms with Gasteiger partial charge in [0, 0.05) is 13.0 Å². The predicted molar refractivity (Wildman–Crippen MR) is 133 cm³/mol. The topological polar surface area (TPSA) is 105 Å². The minimum Gasteiger partial charge on any atom is -0.463 e. The van der Waals surface area contributed by atoms with Crippen molar-refractivity contribution in [3.05, 3.63) is 12.2 Å². The maximum atomic E-state index is 12.0. The van der Waals surface area contributed by atoms with Crippen LogP contribution in [-0.4, -0.2) is 65.2 Å². The Kier molecular flexibility index (Phi) is 18.5. The van der Waals surface area contributed by atoms with Crippen molar-refractivity contribution in [3.63, 3.8) is 0 Å². The lowest BCUT2D eigenvalue weighted by molar-refractivity contribution is -0.301. The number of carbonyl (C=O) groups is 1. The second-order valence-electron chi connectivity index (χ2n) is 9.40. The first-order chi connectivity index (χ1) is 16.5. The van der Waals surface area contributed by atoms with E-state index in [9.17, 15) is 20.1 Å². The molecule has 0 radical (unpaired) electrons. The Morgan fingerprint density at radius 2 is 1.35 bits per heavy atom. The minimum atomic E-state index is -1.41. The van der Waals surface area contributed by atoms with Crippen LogP contribution < -0.4 is 0 Å². The molecule has 0 spiro atoms. The first kappa shape index (κ1) is 31.0. The molecule has 0 bridgehead atoms. The molecule has 200 valence electrons. The minimum absolute atomic E-state index is 0.180. The molecule has 1 rings (SSSR count). The second-order valence-corrected chi connectivity index (χ2v) is 9.40. The molecule has 1 saturated heterocycles. The number of allylic oxidation sites excluding steroid dienone is 2. The van der Waals surface area contributed by atoms with E-state index in [2.05, 4.69) is 19.1 Å². The van der Waals surface area contributed by atoms with E-state index in [1.807, 2.05) is 6.92 Å². The molecule has 0 aromatic rings. The van der Waals surface area contributed by atoms with Crippen LogP contribution in [0.3, 0.4) is 0 Å². The summed E-state index contributed by atoms with van der Waals surface area (Å²) in [4.78, 5) is 12.0. The molecule has 3 N–H and O–H groups in total. The van der Waals surface area contributed by atoms with E-state index in [4.69, 9.17) is 14.2 Å². The summed E-state index contributed by atoms with van der Waals surface area (Å²) >= 11 is 0. The summed E-state index contributed by atoms with van der Waals surface area (Å²) in [5, 5.41) is 30.1. The fourth-order valence-corrected chi connectivity index (χ4v) is 4.01. The molecule has 1 heterocycles. The van der Waals surface area contributed by atoms with Crippen LogP contribution in [0.4, 0.5) is 0 Å². The molecule has 7 heteroatoms. The van der Waals surface area contributed by atoms with Gasteiger partial charge in [-0.25, -0.2) is 0 Å². The number of aliphatic hydroxyl groups excluding tert-OH is 3. The Labute approximate surface area is 206 Å². The number of unbranched alkanes of at least 4 members (excludes halogenated alkanes) is 11. The average molecular weight is 487 g/mol. The van der Waals surface area contributed by atoms with Gasteiger partial charge in [-0.2, -0.15) is 0 Å². The normalized spacial score (nSPS) is 25.1. The quantitative estimate of drug-likeness (QED) is 0.129. The highest BCUT2D eigenvalue weighted by atomic mass is 16.7. The smallest absolute Gasteiger partial charge is 0.305 e. The van der Waals surface area contributed by atoms with Gasteiger partial charge in [0.05, 0.1) is 0 Å². The van der Waals surface area contributed by atoms with E-state index in [1.54, 1.807) is 0 Å². The van der Waals surface area contributed by atoms with Crippen molar-refractivity contribution in [2.24, 2.45) is 0 Å². The van der Waals surface area contributed by atoms with Gasteiger partial charge in [-0.1, -0.05) is 77.4 Å². The van der Waals surface area contributed by atoms with Crippen molar-refractivity contribution in [1.29, 1.82) is 0 Å². The van der Waals surface area contributed by atoms with Gasteiger partial charge in [-0.15, -0.1) is 0 Å². The van der Waals surface area contributed by atoms with Crippen LogP contribution in [0.25, 0.3) is 0 Å². The van der Waals surface area contributed by atoms with Gasteiger partial charge in [0.1, 0.15) is 31.0 Å². The van der Waals surface area contributed by atoms with Gasteiger partial charge >= 0.3 is 5.97 Å². The van der Waals surface area contributed by atoms with E-state index in [1.165, 1.54) is 51.4 Å². The number of hydrogen-bond donors (Lipinski definition) is 3. The zero-order valence-electron chi connectivity index (χ0n) is 21.5. The molecule has 7 nitrogen and oxygen atoms in total. The number of aliphatic hydroxyl groups is 3. The van der Waals surface area contributed by atoms with Gasteiger partial charge in [-0.05, 0) is 38.5 Å². The summed E-state index contributed by atoms with van der Waals surface area (Å²) in [6.45, 7) is 4.33. The van der Waals surface area contributed by atoms with Crippen molar-refractivity contribution in [3.8, 4) is 0 Å². The van der Waals surface area contributed by atoms with Crippen molar-refractivity contribution >= 4 is 5.97 Å². The molecule has 0 amide bonds. The third-order valence-electron chi connectivity index (χ3n) is 6.21. The van der Waals surface area contributed by atoms with Crippen molar-refractivity contribution < 1.29 is 34.3 Å². The number of ether oxygens (including phenoxy) is 3. The van der Waals surface area contributed by atoms with Crippen LogP contribution in [0.1, 0.15) is 110 Å². The zero-order chi connectivity index (χ0) is 25.0. The Morgan fingerprint density at radius 3 is 1.97 bits per heavy atom. The van der Waals surface area contributed by atoms with Gasteiger partial charge < -0.3 is 29.5 Å². The molecular weight excluding hydrogens is 436 g/mol. The highest BCUT2D eigenvalue weighted by Gasteiger charge is 2.44.